The van der Waals surface area contributed by atoms with Gasteiger partial charge in [-0.25, -0.2) is 12.0 Å². The summed E-state index contributed by atoms with van der Waals surface area (Å²) in [5.41, 5.74) is 5.91. The van der Waals surface area contributed by atoms with E-state index in [4.69, 9.17) is 14.2 Å². The summed E-state index contributed by atoms with van der Waals surface area (Å²) in [7, 11) is 0. The Morgan fingerprint density at radius 3 is 2.88 bits per heavy atom. The van der Waals surface area contributed by atoms with E-state index in [9.17, 15) is 0 Å². The van der Waals surface area contributed by atoms with Gasteiger partial charge in [-0.15, -0.1) is 43.7 Å². The van der Waals surface area contributed by atoms with Crippen LogP contribution in [0, 0.1) is 36.2 Å². The van der Waals surface area contributed by atoms with Crippen LogP contribution in [0.4, 0.5) is 0 Å². The molecule has 3 aliphatic carbocycles. The van der Waals surface area contributed by atoms with E-state index in [1.807, 2.05) is 0 Å². The van der Waals surface area contributed by atoms with Gasteiger partial charge >= 0.3 is 0 Å². The van der Waals surface area contributed by atoms with Gasteiger partial charge in [0.15, 0.2) is 6.23 Å². The Labute approximate surface area is 270 Å². The van der Waals surface area contributed by atoms with Crippen LogP contribution in [0.15, 0.2) is 44.1 Å². The van der Waals surface area contributed by atoms with Crippen LogP contribution < -0.4 is 0 Å². The molecule has 1 radical (unpaired) electrons. The minimum atomic E-state index is -2.09. The number of fused-ring (bicyclic) bond motifs is 5. The van der Waals surface area contributed by atoms with Crippen molar-refractivity contribution in [2.24, 2.45) is 28.7 Å². The number of rotatable bonds is 2. The largest absolute Gasteiger partial charge is 0.769 e. The Morgan fingerprint density at radius 2 is 2.05 bits per heavy atom. The molecule has 227 valence electrons. The van der Waals surface area contributed by atoms with Crippen molar-refractivity contribution in [1.29, 1.82) is 0 Å². The predicted octanol–water partition coefficient (Wildman–Crippen LogP) is 9.37. The number of thioether (sulfide) groups is 1. The van der Waals surface area contributed by atoms with Gasteiger partial charge in [-0.05, 0) is 61.5 Å². The van der Waals surface area contributed by atoms with Crippen LogP contribution in [0.25, 0.3) is 10.6 Å². The van der Waals surface area contributed by atoms with E-state index in [0.717, 1.165) is 68.0 Å². The van der Waals surface area contributed by atoms with Crippen molar-refractivity contribution >= 4 is 17.5 Å². The second-order valence-corrected chi connectivity index (χ2v) is 14.5. The van der Waals surface area contributed by atoms with E-state index < -0.39 is 6.85 Å². The summed E-state index contributed by atoms with van der Waals surface area (Å²) in [6.07, 6.45) is 24.1. The van der Waals surface area contributed by atoms with Gasteiger partial charge in [0.1, 0.15) is 0 Å². The summed E-state index contributed by atoms with van der Waals surface area (Å²) in [6, 6.07) is 0.209. The first-order valence-corrected chi connectivity index (χ1v) is 17.1. The summed E-state index contributed by atoms with van der Waals surface area (Å²) in [5, 5.41) is 10.6. The molecule has 8 aliphatic rings. The zero-order chi connectivity index (χ0) is 29.6. The smallest absolute Gasteiger partial charge is 0.171 e. The number of aliphatic imine (C=N–C) groups is 1. The van der Waals surface area contributed by atoms with Gasteiger partial charge in [-0.3, -0.25) is 11.1 Å². The van der Waals surface area contributed by atoms with Crippen LogP contribution in [0.5, 0.6) is 0 Å². The standard InChI is InChI=1S/C23H30N2OS.C12H17N.Ir/c1-13-9-10-16-15-6-4-7-17(22(15)26-23(16)25-13)19-11-21-18(12-24-19)14-5-2-3-8-20(14)27-21;1-10-7-8-12(13-9-10)11-5-3-2-4-6-11;/h7,14-16,19-20,23H,2-6,8-12H2,1H3;8,10H,2-5,7,9H2,1H3;/q2*-2;/t14-,15?,16?,19+,20-,23?;10-;/m00./s1/i1D3;;. The van der Waals surface area contributed by atoms with Crippen molar-refractivity contribution in [2.45, 2.75) is 121 Å². The van der Waals surface area contributed by atoms with E-state index >= 15 is 0 Å². The first kappa shape index (κ1) is 26.5. The normalized spacial score (nSPS) is 39.0. The molecule has 7 atom stereocenters. The second kappa shape index (κ2) is 13.4. The van der Waals surface area contributed by atoms with E-state index in [-0.39, 0.29) is 32.4 Å². The van der Waals surface area contributed by atoms with Crippen molar-refractivity contribution in [3.8, 4) is 0 Å². The Hall–Kier alpha value is -0.941. The summed E-state index contributed by atoms with van der Waals surface area (Å²) in [4.78, 5) is 6.18. The average molecular weight is 753 g/mol. The van der Waals surface area contributed by atoms with Crippen LogP contribution in [0.1, 0.15) is 108 Å². The topological polar surface area (TPSA) is 49.8 Å². The summed E-state index contributed by atoms with van der Waals surface area (Å²) >= 11 is 2.15. The Bertz CT molecular complexity index is 1240. The summed E-state index contributed by atoms with van der Waals surface area (Å²) in [5.74, 6) is 3.33. The van der Waals surface area contributed by atoms with Crippen LogP contribution >= 0.6 is 11.8 Å². The molecule has 6 heteroatoms. The molecular formula is C35H47IrN3OS-4. The molecule has 0 aromatic heterocycles. The van der Waals surface area contributed by atoms with Gasteiger partial charge in [0, 0.05) is 41.1 Å². The van der Waals surface area contributed by atoms with Crippen molar-refractivity contribution < 1.29 is 29.0 Å². The van der Waals surface area contributed by atoms with E-state index in [0.29, 0.717) is 24.0 Å². The van der Waals surface area contributed by atoms with Crippen molar-refractivity contribution in [1.82, 2.24) is 0 Å². The molecular weight excluding hydrogens is 703 g/mol. The third-order valence-corrected chi connectivity index (χ3v) is 12.0. The molecule has 8 rings (SSSR count). The quantitative estimate of drug-likeness (QED) is 0.264. The van der Waals surface area contributed by atoms with Crippen LogP contribution in [0.2, 0.25) is 0 Å². The third kappa shape index (κ3) is 6.33. The fourth-order valence-corrected chi connectivity index (χ4v) is 9.91. The fourth-order valence-electron chi connectivity index (χ4n) is 8.17. The van der Waals surface area contributed by atoms with Crippen LogP contribution in [-0.2, 0) is 24.8 Å². The third-order valence-electron chi connectivity index (χ3n) is 10.4. The molecule has 0 aromatic carbocycles. The molecule has 1 saturated carbocycles. The van der Waals surface area contributed by atoms with Gasteiger partial charge in [-0.1, -0.05) is 63.4 Å². The second-order valence-electron chi connectivity index (χ2n) is 13.2. The summed E-state index contributed by atoms with van der Waals surface area (Å²) in [6.45, 7) is 2.08. The number of hydrogen-bond acceptors (Lipinski definition) is 3. The molecule has 0 bridgehead atoms. The molecule has 5 heterocycles. The van der Waals surface area contributed by atoms with Crippen molar-refractivity contribution in [2.75, 3.05) is 13.1 Å². The number of allylic oxidation sites excluding steroid dienone is 4. The van der Waals surface area contributed by atoms with Gasteiger partial charge < -0.3 is 21.1 Å². The van der Waals surface area contributed by atoms with E-state index in [1.54, 1.807) is 10.5 Å². The summed E-state index contributed by atoms with van der Waals surface area (Å²) < 4.78 is 29.6. The van der Waals surface area contributed by atoms with Crippen molar-refractivity contribution in [3.05, 3.63) is 62.3 Å². The van der Waals surface area contributed by atoms with E-state index in [2.05, 4.69) is 47.6 Å². The Morgan fingerprint density at radius 1 is 1.12 bits per heavy atom. The van der Waals surface area contributed by atoms with Crippen molar-refractivity contribution in [3.63, 3.8) is 0 Å². The zero-order valence-corrected chi connectivity index (χ0v) is 27.7. The number of nitrogens with zero attached hydrogens (tertiary/aromatic N) is 3. The SMILES string of the molecule is C[C@H]1CC=C(C2=[C-]CCCC2)[N-]C1.[2H]C([2H])([2H])C1=NC2OC3=C([C@H]4CC5=C(C[N-]4)[C@@H]4CCCC[C@@H]4S5)[CH-]CCC3C2CC1.[Ir]. The minimum Gasteiger partial charge on any atom is -0.769 e. The molecule has 0 aromatic rings. The maximum Gasteiger partial charge on any atom is 0.171 e. The molecule has 41 heavy (non-hydrogen) atoms. The maximum atomic E-state index is 7.72. The van der Waals surface area contributed by atoms with Gasteiger partial charge in [0.25, 0.3) is 0 Å². The predicted molar refractivity (Wildman–Crippen MR) is 167 cm³/mol. The number of ether oxygens (including phenoxy) is 1. The Kier molecular flexibility index (Phi) is 8.63. The first-order valence-electron chi connectivity index (χ1n) is 17.7. The maximum absolute atomic E-state index is 7.72. The van der Waals surface area contributed by atoms with E-state index in [1.165, 1.54) is 68.2 Å². The molecule has 0 N–H and O–H groups in total. The Balaban J connectivity index is 0.000000207. The molecule has 3 unspecified atom stereocenters. The molecule has 1 saturated heterocycles. The average Bonchev–Trinajstić information content (AvgIpc) is 3.59. The molecule has 0 amide bonds. The fraction of sp³-hybridized carbons (Fsp3) is 0.714. The monoisotopic (exact) mass is 753 g/mol. The molecule has 2 fully saturated rings. The van der Waals surface area contributed by atoms with Crippen LogP contribution in [-0.4, -0.2) is 36.3 Å². The van der Waals surface area contributed by atoms with Gasteiger partial charge in [0.2, 0.25) is 0 Å². The van der Waals surface area contributed by atoms with Crippen LogP contribution in [0.3, 0.4) is 0 Å². The zero-order valence-electron chi connectivity index (χ0n) is 27.5. The van der Waals surface area contributed by atoms with Gasteiger partial charge in [-0.2, -0.15) is 11.6 Å². The number of hydrogen-bond donors (Lipinski definition) is 0. The minimum absolute atomic E-state index is 0. The molecule has 4 nitrogen and oxygen atoms in total. The molecule has 5 aliphatic heterocycles. The van der Waals surface area contributed by atoms with Gasteiger partial charge in [0.05, 0.1) is 0 Å². The first-order chi connectivity index (χ1) is 20.8. The molecule has 0 spiro atoms.